The Bertz CT molecular complexity index is 1020. The summed E-state index contributed by atoms with van der Waals surface area (Å²) in [4.78, 5) is 0. The molecule has 0 bridgehead atoms. The summed E-state index contributed by atoms with van der Waals surface area (Å²) in [5.41, 5.74) is 4.43. The molecule has 3 aromatic carbocycles. The van der Waals surface area contributed by atoms with Gasteiger partial charge in [-0.25, -0.2) is 5.01 Å². The molecule has 0 aliphatic carbocycles. The number of ether oxygens (including phenoxy) is 2. The van der Waals surface area contributed by atoms with Crippen molar-refractivity contribution in [1.82, 2.24) is 5.01 Å². The molecule has 0 spiro atoms. The highest BCUT2D eigenvalue weighted by Gasteiger charge is 2.41. The molecule has 140 valence electrons. The maximum atomic E-state index is 6.44. The normalized spacial score (nSPS) is 20.0. The zero-order valence-electron chi connectivity index (χ0n) is 15.8. The number of fused-ring (bicyclic) bond motifs is 3. The molecule has 2 atom stereocenters. The van der Waals surface area contributed by atoms with Gasteiger partial charge in [0.25, 0.3) is 0 Å². The summed E-state index contributed by atoms with van der Waals surface area (Å²) >= 11 is 0. The van der Waals surface area contributed by atoms with Gasteiger partial charge in [0.2, 0.25) is 6.23 Å². The van der Waals surface area contributed by atoms with Crippen LogP contribution in [0.5, 0.6) is 11.5 Å². The molecule has 4 heteroatoms. The van der Waals surface area contributed by atoms with Gasteiger partial charge in [-0.15, -0.1) is 0 Å². The Morgan fingerprint density at radius 2 is 1.64 bits per heavy atom. The molecule has 0 unspecified atom stereocenters. The van der Waals surface area contributed by atoms with Crippen LogP contribution in [-0.2, 0) is 0 Å². The first-order valence-corrected chi connectivity index (χ1v) is 9.73. The summed E-state index contributed by atoms with van der Waals surface area (Å²) < 4.78 is 12.3. The lowest BCUT2D eigenvalue weighted by atomic mass is 9.96. The van der Waals surface area contributed by atoms with Crippen LogP contribution in [0.2, 0.25) is 0 Å². The number of hydrogen-bond donors (Lipinski definition) is 0. The Morgan fingerprint density at radius 1 is 0.929 bits per heavy atom. The van der Waals surface area contributed by atoms with Crippen LogP contribution in [-0.4, -0.2) is 17.3 Å². The molecule has 0 saturated carbocycles. The van der Waals surface area contributed by atoms with E-state index < -0.39 is 0 Å². The number of rotatable bonds is 4. The highest BCUT2D eigenvalue weighted by atomic mass is 16.5. The number of benzene rings is 3. The molecule has 0 aromatic heterocycles. The molecule has 0 amide bonds. The van der Waals surface area contributed by atoms with Gasteiger partial charge in [0.15, 0.2) is 0 Å². The lowest BCUT2D eigenvalue weighted by Gasteiger charge is -2.38. The van der Waals surface area contributed by atoms with Crippen LogP contribution < -0.4 is 9.47 Å². The van der Waals surface area contributed by atoms with Crippen molar-refractivity contribution in [2.24, 2.45) is 5.10 Å². The molecule has 3 aromatic rings. The molecule has 0 saturated heterocycles. The SMILES string of the molecule is CCOc1ccccc1[C@@H]1Oc2ccccc2[C@@H]2CC(c3ccccc3)=NN21. The van der Waals surface area contributed by atoms with Crippen LogP contribution in [0.1, 0.15) is 42.3 Å². The van der Waals surface area contributed by atoms with Gasteiger partial charge in [0.05, 0.1) is 23.9 Å². The van der Waals surface area contributed by atoms with Crippen molar-refractivity contribution in [3.8, 4) is 11.5 Å². The zero-order valence-corrected chi connectivity index (χ0v) is 15.8. The number of hydrazone groups is 1. The molecule has 2 aliphatic rings. The van der Waals surface area contributed by atoms with E-state index in [-0.39, 0.29) is 12.3 Å². The smallest absolute Gasteiger partial charge is 0.217 e. The first-order chi connectivity index (χ1) is 13.8. The van der Waals surface area contributed by atoms with Crippen molar-refractivity contribution in [1.29, 1.82) is 0 Å². The second-order valence-electron chi connectivity index (χ2n) is 6.99. The van der Waals surface area contributed by atoms with Gasteiger partial charge in [0.1, 0.15) is 11.5 Å². The van der Waals surface area contributed by atoms with Gasteiger partial charge >= 0.3 is 0 Å². The molecular formula is C24H22N2O2. The van der Waals surface area contributed by atoms with Crippen molar-refractivity contribution < 1.29 is 9.47 Å². The van der Waals surface area contributed by atoms with Crippen LogP contribution in [0, 0.1) is 0 Å². The van der Waals surface area contributed by atoms with Gasteiger partial charge in [-0.05, 0) is 30.7 Å². The third-order valence-electron chi connectivity index (χ3n) is 5.29. The minimum atomic E-state index is -0.316. The summed E-state index contributed by atoms with van der Waals surface area (Å²) in [7, 11) is 0. The predicted molar refractivity (Wildman–Crippen MR) is 110 cm³/mol. The van der Waals surface area contributed by atoms with Gasteiger partial charge in [-0.2, -0.15) is 5.10 Å². The second-order valence-corrected chi connectivity index (χ2v) is 6.99. The molecule has 0 N–H and O–H groups in total. The number of nitrogens with zero attached hydrogens (tertiary/aromatic N) is 2. The first kappa shape index (κ1) is 16.9. The van der Waals surface area contributed by atoms with E-state index in [4.69, 9.17) is 14.6 Å². The lowest BCUT2D eigenvalue weighted by molar-refractivity contribution is -0.0205. The fourth-order valence-corrected chi connectivity index (χ4v) is 4.02. The number of hydrogen-bond acceptors (Lipinski definition) is 4. The van der Waals surface area contributed by atoms with E-state index in [1.54, 1.807) is 0 Å². The maximum Gasteiger partial charge on any atom is 0.217 e. The fraction of sp³-hybridized carbons (Fsp3) is 0.208. The molecule has 5 rings (SSSR count). The van der Waals surface area contributed by atoms with Crippen molar-refractivity contribution >= 4 is 5.71 Å². The quantitative estimate of drug-likeness (QED) is 0.623. The summed E-state index contributed by atoms with van der Waals surface area (Å²) in [5, 5.41) is 7.11. The second kappa shape index (κ2) is 7.04. The largest absolute Gasteiger partial charge is 0.493 e. The van der Waals surface area contributed by atoms with E-state index in [0.29, 0.717) is 6.61 Å². The molecule has 0 fully saturated rings. The average molecular weight is 370 g/mol. The van der Waals surface area contributed by atoms with Crippen molar-refractivity contribution in [2.75, 3.05) is 6.61 Å². The van der Waals surface area contributed by atoms with Crippen molar-refractivity contribution in [3.63, 3.8) is 0 Å². The minimum Gasteiger partial charge on any atom is -0.493 e. The van der Waals surface area contributed by atoms with E-state index in [1.807, 2.05) is 43.3 Å². The highest BCUT2D eigenvalue weighted by molar-refractivity contribution is 6.01. The van der Waals surface area contributed by atoms with E-state index in [2.05, 4.69) is 47.5 Å². The molecule has 0 radical (unpaired) electrons. The Hall–Kier alpha value is -3.27. The van der Waals surface area contributed by atoms with E-state index in [1.165, 1.54) is 5.56 Å². The number of para-hydroxylation sites is 2. The van der Waals surface area contributed by atoms with E-state index in [9.17, 15) is 0 Å². The molecule has 2 aliphatic heterocycles. The third kappa shape index (κ3) is 2.82. The van der Waals surface area contributed by atoms with E-state index >= 15 is 0 Å². The van der Waals surface area contributed by atoms with Gasteiger partial charge in [0, 0.05) is 12.0 Å². The van der Waals surface area contributed by atoms with Crippen LogP contribution in [0.4, 0.5) is 0 Å². The molecule has 4 nitrogen and oxygen atoms in total. The summed E-state index contributed by atoms with van der Waals surface area (Å²) in [6, 6.07) is 26.9. The highest BCUT2D eigenvalue weighted by Crippen LogP contribution is 2.48. The summed E-state index contributed by atoms with van der Waals surface area (Å²) in [5.74, 6) is 1.76. The topological polar surface area (TPSA) is 34.1 Å². The average Bonchev–Trinajstić information content (AvgIpc) is 3.20. The van der Waals surface area contributed by atoms with Crippen molar-refractivity contribution in [3.05, 3.63) is 95.6 Å². The molecular weight excluding hydrogens is 348 g/mol. The maximum absolute atomic E-state index is 6.44. The fourth-order valence-electron chi connectivity index (χ4n) is 4.02. The zero-order chi connectivity index (χ0) is 18.9. The van der Waals surface area contributed by atoms with E-state index in [0.717, 1.165) is 34.8 Å². The standard InChI is InChI=1S/C24H22N2O2/c1-2-27-22-14-8-7-13-19(22)24-26-21(18-12-6-9-15-23(18)28-24)16-20(25-26)17-10-4-3-5-11-17/h3-15,21,24H,2,16H2,1H3/t21-,24-/m0/s1. The third-order valence-corrected chi connectivity index (χ3v) is 5.29. The summed E-state index contributed by atoms with van der Waals surface area (Å²) in [6.07, 6.45) is 0.543. The Balaban J connectivity index is 1.61. The predicted octanol–water partition coefficient (Wildman–Crippen LogP) is 5.33. The van der Waals surface area contributed by atoms with Crippen molar-refractivity contribution in [2.45, 2.75) is 25.6 Å². The lowest BCUT2D eigenvalue weighted by Crippen LogP contribution is -2.34. The monoisotopic (exact) mass is 370 g/mol. The summed E-state index contributed by atoms with van der Waals surface area (Å²) in [6.45, 7) is 2.61. The first-order valence-electron chi connectivity index (χ1n) is 9.73. The Morgan fingerprint density at radius 3 is 2.46 bits per heavy atom. The van der Waals surface area contributed by atoms with Gasteiger partial charge in [-0.3, -0.25) is 0 Å². The van der Waals surface area contributed by atoms with Gasteiger partial charge in [-0.1, -0.05) is 60.7 Å². The Kier molecular flexibility index (Phi) is 4.24. The molecule has 28 heavy (non-hydrogen) atoms. The van der Waals surface area contributed by atoms with Gasteiger partial charge < -0.3 is 9.47 Å². The van der Waals surface area contributed by atoms with Crippen LogP contribution >= 0.6 is 0 Å². The van der Waals surface area contributed by atoms with Crippen LogP contribution in [0.15, 0.2) is 84.0 Å². The Labute approximate surface area is 165 Å². The van der Waals surface area contributed by atoms with Crippen LogP contribution in [0.25, 0.3) is 0 Å². The van der Waals surface area contributed by atoms with Crippen LogP contribution in [0.3, 0.4) is 0 Å². The molecule has 2 heterocycles. The minimum absolute atomic E-state index is 0.153.